The zero-order chi connectivity index (χ0) is 39.7. The van der Waals surface area contributed by atoms with Crippen LogP contribution in [0.25, 0.3) is 66.4 Å². The van der Waals surface area contributed by atoms with E-state index in [9.17, 15) is 0 Å². The van der Waals surface area contributed by atoms with Gasteiger partial charge in [0.25, 0.3) is 0 Å². The first-order chi connectivity index (χ1) is 26.0. The van der Waals surface area contributed by atoms with E-state index in [0.717, 1.165) is 72.8 Å². The predicted molar refractivity (Wildman–Crippen MR) is 261 cm³/mol. The van der Waals surface area contributed by atoms with Gasteiger partial charge in [-0.05, 0) is 101 Å². The van der Waals surface area contributed by atoms with E-state index in [-0.39, 0.29) is 14.9 Å². The molecule has 0 aliphatic carbocycles. The summed E-state index contributed by atoms with van der Waals surface area (Å²) in [6.45, 7) is 25.2. The molecule has 0 spiro atoms. The SMILES string of the molecule is C.C.CC(C)Br.CC(C)Cc1cc(-c2ccc3oc4ccccc4c3c2)ncc1[Si](C)(C)C.Cc1cc(-c2ccc3oc4ccccc4c3c2)ncc1[Si](C)(C)C. The van der Waals surface area contributed by atoms with Crippen LogP contribution in [0.2, 0.25) is 39.3 Å². The number of alkyl halides is 1. The van der Waals surface area contributed by atoms with Crippen LogP contribution in [0.1, 0.15) is 53.7 Å². The Morgan fingerprint density at radius 2 is 0.947 bits per heavy atom. The smallest absolute Gasteiger partial charge is 0.135 e. The minimum atomic E-state index is -1.42. The molecular formula is C50H63BrN2O2Si2. The number of aryl methyl sites for hydroxylation is 1. The number of furan rings is 2. The maximum absolute atomic E-state index is 5.97. The lowest BCUT2D eigenvalue weighted by molar-refractivity contribution is 0.649. The zero-order valence-electron chi connectivity index (χ0n) is 34.3. The highest BCUT2D eigenvalue weighted by atomic mass is 79.9. The van der Waals surface area contributed by atoms with Gasteiger partial charge in [-0.15, -0.1) is 0 Å². The summed E-state index contributed by atoms with van der Waals surface area (Å²) in [5.74, 6) is 0.635. The molecule has 4 aromatic heterocycles. The van der Waals surface area contributed by atoms with Crippen LogP contribution < -0.4 is 10.4 Å². The number of rotatable bonds is 6. The van der Waals surface area contributed by atoms with Crippen molar-refractivity contribution < 1.29 is 8.83 Å². The van der Waals surface area contributed by atoms with E-state index in [1.165, 1.54) is 21.5 Å². The normalized spacial score (nSPS) is 11.6. The molecule has 57 heavy (non-hydrogen) atoms. The van der Waals surface area contributed by atoms with Crippen molar-refractivity contribution in [2.75, 3.05) is 0 Å². The van der Waals surface area contributed by atoms with Crippen molar-refractivity contribution in [3.8, 4) is 22.5 Å². The van der Waals surface area contributed by atoms with E-state index in [0.29, 0.717) is 10.7 Å². The quantitative estimate of drug-likeness (QED) is 0.123. The van der Waals surface area contributed by atoms with Crippen LogP contribution in [-0.4, -0.2) is 30.9 Å². The molecule has 0 fully saturated rings. The van der Waals surface area contributed by atoms with Gasteiger partial charge in [0.1, 0.15) is 22.3 Å². The van der Waals surface area contributed by atoms with Crippen molar-refractivity contribution in [1.29, 1.82) is 0 Å². The van der Waals surface area contributed by atoms with Gasteiger partial charge < -0.3 is 8.83 Å². The third kappa shape index (κ3) is 10.6. The Labute approximate surface area is 352 Å². The van der Waals surface area contributed by atoms with Crippen LogP contribution in [-0.2, 0) is 6.42 Å². The molecule has 0 aliphatic heterocycles. The summed E-state index contributed by atoms with van der Waals surface area (Å²) in [7, 11) is -2.76. The van der Waals surface area contributed by atoms with Crippen LogP contribution in [0.15, 0.2) is 118 Å². The number of benzene rings is 4. The van der Waals surface area contributed by atoms with Crippen LogP contribution in [0.3, 0.4) is 0 Å². The Kier molecular flexibility index (Phi) is 14.7. The molecule has 0 radical (unpaired) electrons. The monoisotopic (exact) mass is 858 g/mol. The Morgan fingerprint density at radius 1 is 0.544 bits per heavy atom. The molecule has 0 bridgehead atoms. The van der Waals surface area contributed by atoms with Gasteiger partial charge in [0.2, 0.25) is 0 Å². The predicted octanol–water partition coefficient (Wildman–Crippen LogP) is 15.0. The molecule has 0 saturated carbocycles. The third-order valence-corrected chi connectivity index (χ3v) is 13.9. The molecule has 4 aromatic carbocycles. The summed E-state index contributed by atoms with van der Waals surface area (Å²) in [6.07, 6.45) is 5.32. The van der Waals surface area contributed by atoms with Gasteiger partial charge in [-0.2, -0.15) is 0 Å². The van der Waals surface area contributed by atoms with Gasteiger partial charge in [0.05, 0.1) is 27.5 Å². The molecule has 0 aliphatic rings. The van der Waals surface area contributed by atoms with Crippen molar-refractivity contribution in [2.24, 2.45) is 5.92 Å². The molecule has 0 unspecified atom stereocenters. The topological polar surface area (TPSA) is 52.1 Å². The Bertz CT molecular complexity index is 2590. The molecule has 0 amide bonds. The molecule has 4 nitrogen and oxygen atoms in total. The number of para-hydroxylation sites is 2. The highest BCUT2D eigenvalue weighted by Gasteiger charge is 2.22. The molecule has 0 N–H and O–H groups in total. The molecule has 0 atom stereocenters. The van der Waals surface area contributed by atoms with Crippen molar-refractivity contribution in [3.63, 3.8) is 0 Å². The highest BCUT2D eigenvalue weighted by Crippen LogP contribution is 2.33. The number of nitrogens with zero attached hydrogens (tertiary/aromatic N) is 2. The lowest BCUT2D eigenvalue weighted by Crippen LogP contribution is -2.40. The molecule has 0 saturated heterocycles. The lowest BCUT2D eigenvalue weighted by Gasteiger charge is -2.22. The summed E-state index contributed by atoms with van der Waals surface area (Å²) in [5.41, 5.74) is 10.9. The Morgan fingerprint density at radius 3 is 1.37 bits per heavy atom. The van der Waals surface area contributed by atoms with Crippen molar-refractivity contribution in [3.05, 3.63) is 121 Å². The summed E-state index contributed by atoms with van der Waals surface area (Å²) in [5, 5.41) is 7.54. The second-order valence-electron chi connectivity index (χ2n) is 17.3. The summed E-state index contributed by atoms with van der Waals surface area (Å²) in [6, 6.07) is 33.7. The highest BCUT2D eigenvalue weighted by molar-refractivity contribution is 9.09. The van der Waals surface area contributed by atoms with Crippen LogP contribution in [0.4, 0.5) is 0 Å². The molecule has 300 valence electrons. The number of aromatic nitrogens is 2. The van der Waals surface area contributed by atoms with E-state index in [1.54, 1.807) is 0 Å². The number of pyridine rings is 2. The first-order valence-corrected chi connectivity index (χ1v) is 27.3. The van der Waals surface area contributed by atoms with Gasteiger partial charge in [-0.1, -0.05) is 134 Å². The largest absolute Gasteiger partial charge is 0.456 e. The fraction of sp³-hybridized carbons (Fsp3) is 0.320. The summed E-state index contributed by atoms with van der Waals surface area (Å²) >= 11 is 3.27. The van der Waals surface area contributed by atoms with Crippen molar-refractivity contribution in [1.82, 2.24) is 9.97 Å². The molecule has 8 rings (SSSR count). The summed E-state index contributed by atoms with van der Waals surface area (Å²) < 4.78 is 11.9. The van der Waals surface area contributed by atoms with Gasteiger partial charge in [0.15, 0.2) is 0 Å². The van der Waals surface area contributed by atoms with Gasteiger partial charge in [0, 0.05) is 49.9 Å². The summed E-state index contributed by atoms with van der Waals surface area (Å²) in [4.78, 5) is 10.3. The zero-order valence-corrected chi connectivity index (χ0v) is 37.9. The van der Waals surface area contributed by atoms with Crippen LogP contribution in [0, 0.1) is 12.8 Å². The minimum Gasteiger partial charge on any atom is -0.456 e. The van der Waals surface area contributed by atoms with Crippen LogP contribution in [0.5, 0.6) is 0 Å². The van der Waals surface area contributed by atoms with Crippen molar-refractivity contribution >= 4 is 86.3 Å². The second-order valence-corrected chi connectivity index (χ2v) is 29.2. The Balaban J connectivity index is 0.000000225. The molecule has 7 heteroatoms. The minimum absolute atomic E-state index is 0. The molecule has 8 aromatic rings. The average Bonchev–Trinajstić information content (AvgIpc) is 3.68. The fourth-order valence-corrected chi connectivity index (χ4v) is 10.5. The van der Waals surface area contributed by atoms with E-state index in [4.69, 9.17) is 18.8 Å². The number of hydrogen-bond donors (Lipinski definition) is 0. The van der Waals surface area contributed by atoms with Gasteiger partial charge >= 0.3 is 0 Å². The number of halogens is 1. The third-order valence-electron chi connectivity index (χ3n) is 9.69. The molecular weight excluding hydrogens is 797 g/mol. The first kappa shape index (κ1) is 45.4. The number of fused-ring (bicyclic) bond motifs is 6. The van der Waals surface area contributed by atoms with E-state index in [2.05, 4.69) is 169 Å². The first-order valence-electron chi connectivity index (χ1n) is 19.4. The van der Waals surface area contributed by atoms with E-state index >= 15 is 0 Å². The van der Waals surface area contributed by atoms with E-state index in [1.807, 2.05) is 30.3 Å². The Hall–Kier alpha value is -4.31. The average molecular weight is 860 g/mol. The van der Waals surface area contributed by atoms with Gasteiger partial charge in [-0.3, -0.25) is 9.97 Å². The maximum atomic E-state index is 5.97. The van der Waals surface area contributed by atoms with Crippen LogP contribution >= 0.6 is 15.9 Å². The van der Waals surface area contributed by atoms with E-state index < -0.39 is 16.1 Å². The van der Waals surface area contributed by atoms with Crippen molar-refractivity contribution in [2.45, 2.75) is 100 Å². The number of hydrogen-bond acceptors (Lipinski definition) is 4. The lowest BCUT2D eigenvalue weighted by atomic mass is 10.0. The maximum Gasteiger partial charge on any atom is 0.135 e. The standard InChI is InChI=1S/C24H27NOSi.C21H21NOSi.C3H7Br.2CH4/c1-16(2)12-18-14-21(25-15-24(18)27(3,4)5)17-10-11-23-20(13-17)19-8-6-7-9-22(19)26-23;1-14-11-18(22-13-21(14)24(2,3)4)15-9-10-20-17(12-15)16-7-5-6-8-19(16)23-20;1-3(2)4;;/h6-11,13-16H,12H2,1-5H3;5-13H,1-4H3;3H,1-2H3;2*1H4. The molecule has 4 heterocycles. The van der Waals surface area contributed by atoms with Gasteiger partial charge in [-0.25, -0.2) is 0 Å². The second kappa shape index (κ2) is 18.5. The fourth-order valence-electron chi connectivity index (χ4n) is 7.21.